The van der Waals surface area contributed by atoms with Crippen LogP contribution in [0.1, 0.15) is 73.1 Å². The molecule has 0 aromatic rings. The third kappa shape index (κ3) is 6.31. The molecule has 0 bridgehead atoms. The molecule has 1 rings (SSSR count). The molecule has 1 N–H and O–H groups in total. The summed E-state index contributed by atoms with van der Waals surface area (Å²) in [6.45, 7) is 10.1. The summed E-state index contributed by atoms with van der Waals surface area (Å²) in [4.78, 5) is 11.8. The Morgan fingerprint density at radius 2 is 2.00 bits per heavy atom. The van der Waals surface area contributed by atoms with Crippen LogP contribution in [-0.2, 0) is 4.79 Å². The van der Waals surface area contributed by atoms with Crippen molar-refractivity contribution < 1.29 is 9.90 Å². The molecule has 2 heteroatoms. The molecule has 0 fully saturated rings. The number of allylic oxidation sites excluding steroid dienone is 6. The first kappa shape index (κ1) is 18.9. The molecule has 0 saturated heterocycles. The third-order valence-corrected chi connectivity index (χ3v) is 4.69. The lowest BCUT2D eigenvalue weighted by Gasteiger charge is -2.34. The van der Waals surface area contributed by atoms with Crippen molar-refractivity contribution in [1.29, 1.82) is 0 Å². The molecule has 124 valence electrons. The molecule has 0 aromatic heterocycles. The molecule has 0 amide bonds. The highest BCUT2D eigenvalue weighted by atomic mass is 16.3. The second kappa shape index (κ2) is 8.47. The van der Waals surface area contributed by atoms with Crippen molar-refractivity contribution >= 4 is 5.78 Å². The largest absolute Gasteiger partial charge is 0.390 e. The van der Waals surface area contributed by atoms with Gasteiger partial charge in [0.2, 0.25) is 0 Å². The first-order chi connectivity index (χ1) is 10.2. The van der Waals surface area contributed by atoms with Gasteiger partial charge in [0.05, 0.1) is 5.60 Å². The van der Waals surface area contributed by atoms with Gasteiger partial charge in [-0.15, -0.1) is 0 Å². The first-order valence-electron chi connectivity index (χ1n) is 8.43. The van der Waals surface area contributed by atoms with Gasteiger partial charge in [-0.1, -0.05) is 29.4 Å². The second-order valence-corrected chi connectivity index (χ2v) is 7.21. The Bertz CT molecular complexity index is 474. The van der Waals surface area contributed by atoms with Gasteiger partial charge >= 0.3 is 0 Å². The summed E-state index contributed by atoms with van der Waals surface area (Å²) in [5.41, 5.74) is 2.83. The van der Waals surface area contributed by atoms with Crippen LogP contribution in [0.5, 0.6) is 0 Å². The number of Topliss-reactive ketones (excluding diaryl/α,β-unsaturated/α-hetero) is 1. The monoisotopic (exact) mass is 304 g/mol. The van der Waals surface area contributed by atoms with Crippen LogP contribution >= 0.6 is 0 Å². The number of aliphatic hydroxyl groups is 1. The summed E-state index contributed by atoms with van der Waals surface area (Å²) in [6.07, 6.45) is 11.5. The number of hydrogen-bond donors (Lipinski definition) is 1. The Kier molecular flexibility index (Phi) is 7.28. The quantitative estimate of drug-likeness (QED) is 0.662. The minimum absolute atomic E-state index is 0.0584. The van der Waals surface area contributed by atoms with Gasteiger partial charge in [0.15, 0.2) is 5.78 Å². The Morgan fingerprint density at radius 3 is 2.59 bits per heavy atom. The van der Waals surface area contributed by atoms with E-state index < -0.39 is 5.60 Å². The zero-order chi connectivity index (χ0) is 16.8. The predicted molar refractivity (Wildman–Crippen MR) is 93.8 cm³/mol. The minimum atomic E-state index is -0.760. The van der Waals surface area contributed by atoms with E-state index in [1.54, 1.807) is 0 Å². The lowest BCUT2D eigenvalue weighted by Crippen LogP contribution is -2.37. The van der Waals surface area contributed by atoms with E-state index in [4.69, 9.17) is 0 Å². The molecule has 0 heterocycles. The molecule has 22 heavy (non-hydrogen) atoms. The van der Waals surface area contributed by atoms with Crippen molar-refractivity contribution in [2.45, 2.75) is 78.7 Å². The normalized spacial score (nSPS) is 22.1. The van der Waals surface area contributed by atoms with Crippen LogP contribution in [0, 0.1) is 5.92 Å². The maximum atomic E-state index is 11.8. The van der Waals surface area contributed by atoms with E-state index in [1.807, 2.05) is 19.9 Å². The lowest BCUT2D eigenvalue weighted by atomic mass is 9.76. The molecule has 2 atom stereocenters. The molecule has 2 nitrogen and oxygen atoms in total. The predicted octanol–water partition coefficient (Wildman–Crippen LogP) is 5.14. The van der Waals surface area contributed by atoms with Gasteiger partial charge in [-0.25, -0.2) is 0 Å². The van der Waals surface area contributed by atoms with Crippen molar-refractivity contribution in [2.24, 2.45) is 5.92 Å². The van der Waals surface area contributed by atoms with Crippen LogP contribution in [0.15, 0.2) is 34.9 Å². The van der Waals surface area contributed by atoms with E-state index in [9.17, 15) is 9.90 Å². The molecule has 0 radical (unpaired) electrons. The fourth-order valence-corrected chi connectivity index (χ4v) is 2.88. The van der Waals surface area contributed by atoms with Gasteiger partial charge in [-0.2, -0.15) is 0 Å². The van der Waals surface area contributed by atoms with E-state index in [1.165, 1.54) is 11.1 Å². The number of hydrogen-bond acceptors (Lipinski definition) is 2. The number of rotatable bonds is 7. The topological polar surface area (TPSA) is 37.3 Å². The van der Waals surface area contributed by atoms with Gasteiger partial charge < -0.3 is 5.11 Å². The highest BCUT2D eigenvalue weighted by Crippen LogP contribution is 2.33. The molecule has 1 aliphatic rings. The fourth-order valence-electron chi connectivity index (χ4n) is 2.88. The maximum Gasteiger partial charge on any atom is 0.158 e. The van der Waals surface area contributed by atoms with Crippen LogP contribution in [0.4, 0.5) is 0 Å². The van der Waals surface area contributed by atoms with Crippen molar-refractivity contribution in [3.63, 3.8) is 0 Å². The molecule has 2 unspecified atom stereocenters. The van der Waals surface area contributed by atoms with Crippen molar-refractivity contribution in [2.75, 3.05) is 0 Å². The van der Waals surface area contributed by atoms with E-state index in [0.717, 1.165) is 37.7 Å². The summed E-state index contributed by atoms with van der Waals surface area (Å²) in [5.74, 6) is 0.244. The van der Waals surface area contributed by atoms with Crippen molar-refractivity contribution in [1.82, 2.24) is 0 Å². The molecule has 0 spiro atoms. The van der Waals surface area contributed by atoms with Crippen LogP contribution in [-0.4, -0.2) is 16.5 Å². The standard InChI is InChI=1S/C20H32O2/c1-15(2)8-6-9-16(3)10-7-13-20(5,22)18-12-11-17(4)19(21)14-18/h8,10-11,18,22H,6-7,9,12-14H2,1-5H3/b16-10+. The molecule has 0 aliphatic heterocycles. The van der Waals surface area contributed by atoms with E-state index in [2.05, 4.69) is 32.9 Å². The van der Waals surface area contributed by atoms with Gasteiger partial charge in [-0.3, -0.25) is 4.79 Å². The van der Waals surface area contributed by atoms with Crippen molar-refractivity contribution in [3.05, 3.63) is 34.9 Å². The summed E-state index contributed by atoms with van der Waals surface area (Å²) in [5, 5.41) is 10.7. The molecule has 0 saturated carbocycles. The van der Waals surface area contributed by atoms with Crippen LogP contribution in [0.25, 0.3) is 0 Å². The van der Waals surface area contributed by atoms with Gasteiger partial charge in [0, 0.05) is 6.42 Å². The van der Waals surface area contributed by atoms with E-state index in [-0.39, 0.29) is 11.7 Å². The molecular weight excluding hydrogens is 272 g/mol. The van der Waals surface area contributed by atoms with Gasteiger partial charge in [0.1, 0.15) is 0 Å². The van der Waals surface area contributed by atoms with E-state index in [0.29, 0.717) is 6.42 Å². The van der Waals surface area contributed by atoms with E-state index >= 15 is 0 Å². The minimum Gasteiger partial charge on any atom is -0.390 e. The zero-order valence-corrected chi connectivity index (χ0v) is 14.9. The summed E-state index contributed by atoms with van der Waals surface area (Å²) >= 11 is 0. The highest BCUT2D eigenvalue weighted by Gasteiger charge is 2.34. The van der Waals surface area contributed by atoms with Crippen LogP contribution in [0.2, 0.25) is 0 Å². The average molecular weight is 304 g/mol. The van der Waals surface area contributed by atoms with Crippen LogP contribution < -0.4 is 0 Å². The summed E-state index contributed by atoms with van der Waals surface area (Å²) < 4.78 is 0. The second-order valence-electron chi connectivity index (χ2n) is 7.21. The Hall–Kier alpha value is -1.15. The van der Waals surface area contributed by atoms with Gasteiger partial charge in [-0.05, 0) is 78.2 Å². The third-order valence-electron chi connectivity index (χ3n) is 4.69. The lowest BCUT2D eigenvalue weighted by molar-refractivity contribution is -0.119. The highest BCUT2D eigenvalue weighted by molar-refractivity contribution is 5.95. The Balaban J connectivity index is 2.45. The summed E-state index contributed by atoms with van der Waals surface area (Å²) in [7, 11) is 0. The number of ketones is 1. The summed E-state index contributed by atoms with van der Waals surface area (Å²) in [6, 6.07) is 0. The maximum absolute atomic E-state index is 11.8. The Labute approximate surface area is 136 Å². The smallest absolute Gasteiger partial charge is 0.158 e. The first-order valence-corrected chi connectivity index (χ1v) is 8.43. The SMILES string of the molecule is CC(C)=CCC/C(C)=C/CCC(C)(O)C1CC=C(C)C(=O)C1. The number of carbonyl (C=O) groups is 1. The molecule has 1 aliphatic carbocycles. The number of carbonyl (C=O) groups excluding carboxylic acids is 1. The average Bonchev–Trinajstić information content (AvgIpc) is 2.41. The fraction of sp³-hybridized carbons (Fsp3) is 0.650. The van der Waals surface area contributed by atoms with Crippen LogP contribution in [0.3, 0.4) is 0 Å². The van der Waals surface area contributed by atoms with Gasteiger partial charge in [0.25, 0.3) is 0 Å². The zero-order valence-electron chi connectivity index (χ0n) is 14.9. The Morgan fingerprint density at radius 1 is 1.32 bits per heavy atom. The van der Waals surface area contributed by atoms with Crippen molar-refractivity contribution in [3.8, 4) is 0 Å². The molecular formula is C20H32O2. The molecule has 0 aromatic carbocycles.